The zero-order valence-corrected chi connectivity index (χ0v) is 15.2. The van der Waals surface area contributed by atoms with E-state index in [0.717, 1.165) is 40.8 Å². The second-order valence-electron chi connectivity index (χ2n) is 6.57. The molecule has 0 saturated heterocycles. The smallest absolute Gasteiger partial charge is 0.190 e. The molecule has 0 spiro atoms. The molecule has 4 rings (SSSR count). The van der Waals surface area contributed by atoms with Crippen LogP contribution in [0, 0.1) is 0 Å². The molecule has 1 heterocycles. The second-order valence-corrected chi connectivity index (χ2v) is 8.98. The molecule has 1 unspecified atom stereocenters. The Morgan fingerprint density at radius 1 is 1.04 bits per heavy atom. The van der Waals surface area contributed by atoms with Gasteiger partial charge >= 0.3 is 0 Å². The van der Waals surface area contributed by atoms with Crippen LogP contribution in [-0.2, 0) is 9.84 Å². The molecule has 124 valence electrons. The standard InChI is InChI=1S/C19H18ClNO2S/c1-21(2)11-10-13-12-7-5-8-15(20)18(12)19-17(13)14-6-3-4-9-16(14)24(19,22)23/h3-9,19H,10-11H2,1-2H3. The van der Waals surface area contributed by atoms with Crippen LogP contribution in [0.2, 0.25) is 5.02 Å². The summed E-state index contributed by atoms with van der Waals surface area (Å²) < 4.78 is 26.3. The number of benzene rings is 2. The fourth-order valence-corrected chi connectivity index (χ4v) is 6.30. The van der Waals surface area contributed by atoms with Crippen LogP contribution in [0.3, 0.4) is 0 Å². The van der Waals surface area contributed by atoms with Crippen LogP contribution in [0.15, 0.2) is 47.4 Å². The molecule has 1 aliphatic carbocycles. The van der Waals surface area contributed by atoms with E-state index in [4.69, 9.17) is 11.6 Å². The highest BCUT2D eigenvalue weighted by Gasteiger charge is 2.48. The number of fused-ring (bicyclic) bond motifs is 5. The molecule has 2 aromatic carbocycles. The zero-order valence-electron chi connectivity index (χ0n) is 13.6. The maximum Gasteiger partial charge on any atom is 0.190 e. The van der Waals surface area contributed by atoms with Crippen LogP contribution in [-0.4, -0.2) is 34.0 Å². The van der Waals surface area contributed by atoms with E-state index >= 15 is 0 Å². The van der Waals surface area contributed by atoms with E-state index in [1.807, 2.05) is 38.4 Å². The van der Waals surface area contributed by atoms with Gasteiger partial charge in [-0.2, -0.15) is 0 Å². The lowest BCUT2D eigenvalue weighted by molar-refractivity contribution is 0.420. The highest BCUT2D eigenvalue weighted by molar-refractivity contribution is 7.92. The minimum Gasteiger partial charge on any atom is -0.309 e. The Morgan fingerprint density at radius 3 is 2.50 bits per heavy atom. The van der Waals surface area contributed by atoms with Crippen LogP contribution in [0.25, 0.3) is 11.1 Å². The molecular formula is C19H18ClNO2S. The predicted octanol–water partition coefficient (Wildman–Crippen LogP) is 4.04. The summed E-state index contributed by atoms with van der Waals surface area (Å²) in [6, 6.07) is 13.0. The highest BCUT2D eigenvalue weighted by Crippen LogP contribution is 2.59. The lowest BCUT2D eigenvalue weighted by atomic mass is 9.98. The summed E-state index contributed by atoms with van der Waals surface area (Å²) in [4.78, 5) is 2.54. The van der Waals surface area contributed by atoms with Crippen molar-refractivity contribution >= 4 is 32.6 Å². The summed E-state index contributed by atoms with van der Waals surface area (Å²) in [5.41, 5.74) is 4.61. The highest BCUT2D eigenvalue weighted by atomic mass is 35.5. The van der Waals surface area contributed by atoms with E-state index in [1.54, 1.807) is 18.2 Å². The van der Waals surface area contributed by atoms with E-state index in [2.05, 4.69) is 4.90 Å². The summed E-state index contributed by atoms with van der Waals surface area (Å²) in [6.45, 7) is 0.861. The van der Waals surface area contributed by atoms with Gasteiger partial charge in [0.15, 0.2) is 9.84 Å². The number of sulfone groups is 1. The van der Waals surface area contributed by atoms with Crippen molar-refractivity contribution in [2.75, 3.05) is 20.6 Å². The molecule has 0 N–H and O–H groups in total. The minimum absolute atomic E-state index is 0.429. The van der Waals surface area contributed by atoms with Crippen molar-refractivity contribution in [1.29, 1.82) is 0 Å². The second kappa shape index (κ2) is 5.45. The van der Waals surface area contributed by atoms with Crippen LogP contribution in [0.5, 0.6) is 0 Å². The van der Waals surface area contributed by atoms with E-state index < -0.39 is 15.1 Å². The third-order valence-electron chi connectivity index (χ3n) is 4.83. The fourth-order valence-electron chi connectivity index (χ4n) is 3.80. The molecule has 0 saturated carbocycles. The molecule has 5 heteroatoms. The third kappa shape index (κ3) is 2.10. The first kappa shape index (κ1) is 15.9. The topological polar surface area (TPSA) is 37.4 Å². The summed E-state index contributed by atoms with van der Waals surface area (Å²) in [7, 11) is 0.601. The molecule has 1 aliphatic heterocycles. The van der Waals surface area contributed by atoms with E-state index in [1.165, 1.54) is 0 Å². The first-order chi connectivity index (χ1) is 11.4. The van der Waals surface area contributed by atoms with Crippen molar-refractivity contribution in [3.63, 3.8) is 0 Å². The van der Waals surface area contributed by atoms with Gasteiger partial charge in [0.2, 0.25) is 0 Å². The number of hydrogen-bond donors (Lipinski definition) is 0. The number of halogens is 1. The van der Waals surface area contributed by atoms with Gasteiger partial charge in [-0.3, -0.25) is 0 Å². The number of hydrogen-bond acceptors (Lipinski definition) is 3. The van der Waals surface area contributed by atoms with Gasteiger partial charge < -0.3 is 4.90 Å². The first-order valence-electron chi connectivity index (χ1n) is 7.93. The molecule has 0 aromatic heterocycles. The summed E-state index contributed by atoms with van der Waals surface area (Å²) in [6.07, 6.45) is 0.802. The Kier molecular flexibility index (Phi) is 3.60. The molecule has 0 fully saturated rings. The maximum absolute atomic E-state index is 13.2. The molecule has 2 aliphatic rings. The molecule has 24 heavy (non-hydrogen) atoms. The average molecular weight is 360 g/mol. The van der Waals surface area contributed by atoms with Gasteiger partial charge in [0.1, 0.15) is 5.25 Å². The molecule has 1 atom stereocenters. The number of rotatable bonds is 3. The molecule has 0 amide bonds. The quantitative estimate of drug-likeness (QED) is 0.829. The van der Waals surface area contributed by atoms with Crippen molar-refractivity contribution < 1.29 is 8.42 Å². The Morgan fingerprint density at radius 2 is 1.75 bits per heavy atom. The van der Waals surface area contributed by atoms with Crippen molar-refractivity contribution in [2.24, 2.45) is 0 Å². The largest absolute Gasteiger partial charge is 0.309 e. The Labute approximate surface area is 147 Å². The van der Waals surface area contributed by atoms with Gasteiger partial charge in [0, 0.05) is 17.1 Å². The van der Waals surface area contributed by atoms with Gasteiger partial charge in [-0.05, 0) is 54.9 Å². The van der Waals surface area contributed by atoms with E-state index in [0.29, 0.717) is 9.92 Å². The molecule has 2 aromatic rings. The molecular weight excluding hydrogens is 342 g/mol. The first-order valence-corrected chi connectivity index (χ1v) is 9.85. The monoisotopic (exact) mass is 359 g/mol. The van der Waals surface area contributed by atoms with Crippen LogP contribution >= 0.6 is 11.6 Å². The lowest BCUT2D eigenvalue weighted by Crippen LogP contribution is -2.13. The van der Waals surface area contributed by atoms with Gasteiger partial charge in [-0.25, -0.2) is 8.42 Å². The van der Waals surface area contributed by atoms with Crippen LogP contribution in [0.4, 0.5) is 0 Å². The predicted molar refractivity (Wildman–Crippen MR) is 97.8 cm³/mol. The molecule has 0 bridgehead atoms. The van der Waals surface area contributed by atoms with E-state index in [9.17, 15) is 8.42 Å². The SMILES string of the molecule is CN(C)CCC1=C2c3ccccc3S(=O)(=O)C2c2c(Cl)cccc21. The zero-order chi connectivity index (χ0) is 17.1. The third-order valence-corrected chi connectivity index (χ3v) is 7.22. The van der Waals surface area contributed by atoms with Crippen molar-refractivity contribution in [2.45, 2.75) is 16.6 Å². The van der Waals surface area contributed by atoms with Crippen LogP contribution in [0.1, 0.15) is 28.4 Å². The molecule has 3 nitrogen and oxygen atoms in total. The van der Waals surface area contributed by atoms with E-state index in [-0.39, 0.29) is 0 Å². The minimum atomic E-state index is -3.45. The van der Waals surface area contributed by atoms with Gasteiger partial charge in [0.25, 0.3) is 0 Å². The summed E-state index contributed by atoms with van der Waals surface area (Å²) >= 11 is 6.43. The maximum atomic E-state index is 13.2. The summed E-state index contributed by atoms with van der Waals surface area (Å²) in [5.74, 6) is 0. The van der Waals surface area contributed by atoms with Gasteiger partial charge in [-0.1, -0.05) is 41.9 Å². The van der Waals surface area contributed by atoms with Gasteiger partial charge in [-0.15, -0.1) is 0 Å². The van der Waals surface area contributed by atoms with Crippen molar-refractivity contribution in [1.82, 2.24) is 4.90 Å². The lowest BCUT2D eigenvalue weighted by Gasteiger charge is -2.13. The Bertz CT molecular complexity index is 977. The van der Waals surface area contributed by atoms with Crippen molar-refractivity contribution in [3.05, 3.63) is 64.2 Å². The van der Waals surface area contributed by atoms with Crippen molar-refractivity contribution in [3.8, 4) is 0 Å². The Hall–Kier alpha value is -1.62. The molecule has 0 radical (unpaired) electrons. The van der Waals surface area contributed by atoms with Crippen LogP contribution < -0.4 is 0 Å². The average Bonchev–Trinajstić information content (AvgIpc) is 2.99. The number of nitrogens with zero attached hydrogens (tertiary/aromatic N) is 1. The Balaban J connectivity index is 2.03. The normalized spacial score (nSPS) is 20.2. The summed E-state index contributed by atoms with van der Waals surface area (Å²) in [5, 5.41) is -0.123. The van der Waals surface area contributed by atoms with Gasteiger partial charge in [0.05, 0.1) is 4.90 Å². The fraction of sp³-hybridized carbons (Fsp3) is 0.263.